The minimum absolute atomic E-state index is 0.419. The average Bonchev–Trinajstić information content (AvgIpc) is 2.89. The molecule has 0 N–H and O–H groups in total. The SMILES string of the molecule is O=c1nc2c(ccc3c4ccccc4cc32)c1=O. The summed E-state index contributed by atoms with van der Waals surface area (Å²) in [7, 11) is 0. The third-order valence-electron chi connectivity index (χ3n) is 3.42. The van der Waals surface area contributed by atoms with E-state index in [0.717, 1.165) is 21.5 Å². The highest BCUT2D eigenvalue weighted by Crippen LogP contribution is 2.31. The highest BCUT2D eigenvalue weighted by Gasteiger charge is 2.12. The smallest absolute Gasteiger partial charge is 0.283 e. The molecular weight excluding hydrogens is 226 g/mol. The summed E-state index contributed by atoms with van der Waals surface area (Å²) in [5.41, 5.74) is -0.640. The average molecular weight is 233 g/mol. The summed E-state index contributed by atoms with van der Waals surface area (Å²) in [4.78, 5) is 26.9. The zero-order chi connectivity index (χ0) is 12.3. The molecule has 1 aromatic heterocycles. The Morgan fingerprint density at radius 2 is 1.56 bits per heavy atom. The van der Waals surface area contributed by atoms with Crippen LogP contribution in [0.4, 0.5) is 0 Å². The summed E-state index contributed by atoms with van der Waals surface area (Å²) in [6, 6.07) is 13.6. The van der Waals surface area contributed by atoms with Crippen LogP contribution in [0.25, 0.3) is 32.4 Å². The van der Waals surface area contributed by atoms with Gasteiger partial charge in [-0.25, -0.2) is 4.98 Å². The van der Waals surface area contributed by atoms with Gasteiger partial charge in [0, 0.05) is 5.39 Å². The number of hydrogen-bond donors (Lipinski definition) is 0. The van der Waals surface area contributed by atoms with Crippen LogP contribution < -0.4 is 11.0 Å². The molecule has 0 saturated heterocycles. The van der Waals surface area contributed by atoms with E-state index in [1.807, 2.05) is 36.4 Å². The fourth-order valence-corrected chi connectivity index (χ4v) is 2.58. The van der Waals surface area contributed by atoms with Crippen molar-refractivity contribution in [1.29, 1.82) is 0 Å². The van der Waals surface area contributed by atoms with Crippen molar-refractivity contribution < 1.29 is 0 Å². The van der Waals surface area contributed by atoms with Crippen LogP contribution in [0.3, 0.4) is 0 Å². The Morgan fingerprint density at radius 3 is 2.44 bits per heavy atom. The molecule has 0 aliphatic heterocycles. The van der Waals surface area contributed by atoms with E-state index in [2.05, 4.69) is 4.98 Å². The third-order valence-corrected chi connectivity index (χ3v) is 3.42. The van der Waals surface area contributed by atoms with Crippen LogP contribution in [0, 0.1) is 0 Å². The molecule has 0 amide bonds. The second-order valence-corrected chi connectivity index (χ2v) is 4.40. The molecule has 0 radical (unpaired) electrons. The molecule has 0 aliphatic carbocycles. The largest absolute Gasteiger partial charge is 0.318 e. The normalized spacial score (nSPS) is 11.8. The van der Waals surface area contributed by atoms with Gasteiger partial charge in [-0.1, -0.05) is 30.3 Å². The molecule has 0 atom stereocenters. The van der Waals surface area contributed by atoms with Crippen molar-refractivity contribution in [2.24, 2.45) is 0 Å². The Balaban J connectivity index is 2.39. The standard InChI is InChI=1S/C15H7NO2/c17-14-11-6-5-10-9-4-2-1-3-8(9)7-12(10)13(11)16-15(14)18/h1-7H. The van der Waals surface area contributed by atoms with Crippen molar-refractivity contribution in [3.63, 3.8) is 0 Å². The van der Waals surface area contributed by atoms with Crippen LogP contribution in [0.1, 0.15) is 0 Å². The zero-order valence-corrected chi connectivity index (χ0v) is 9.31. The lowest BCUT2D eigenvalue weighted by Gasteiger charge is -1.92. The van der Waals surface area contributed by atoms with Gasteiger partial charge in [0.2, 0.25) is 0 Å². The number of fused-ring (bicyclic) bond motifs is 5. The summed E-state index contributed by atoms with van der Waals surface area (Å²) in [6.45, 7) is 0. The molecule has 0 unspecified atom stereocenters. The second-order valence-electron chi connectivity index (χ2n) is 4.40. The molecule has 3 heteroatoms. The van der Waals surface area contributed by atoms with Gasteiger partial charge in [0.1, 0.15) is 0 Å². The summed E-state index contributed by atoms with van der Waals surface area (Å²) in [6.07, 6.45) is 0. The van der Waals surface area contributed by atoms with Gasteiger partial charge in [0.05, 0.1) is 10.9 Å². The Kier molecular flexibility index (Phi) is 1.59. The van der Waals surface area contributed by atoms with Crippen molar-refractivity contribution >= 4 is 32.4 Å². The van der Waals surface area contributed by atoms with E-state index in [1.165, 1.54) is 0 Å². The van der Waals surface area contributed by atoms with E-state index in [4.69, 9.17) is 0 Å². The molecule has 84 valence electrons. The zero-order valence-electron chi connectivity index (χ0n) is 9.31. The predicted octanol–water partition coefficient (Wildman–Crippen LogP) is 2.14. The molecule has 4 aromatic rings. The van der Waals surface area contributed by atoms with Crippen LogP contribution in [-0.4, -0.2) is 4.98 Å². The summed E-state index contributed by atoms with van der Waals surface area (Å²) in [5, 5.41) is 4.56. The number of rotatable bonds is 0. The molecular formula is C15H7NO2. The Labute approximate surface area is 101 Å². The summed E-state index contributed by atoms with van der Waals surface area (Å²) in [5.74, 6) is 0. The lowest BCUT2D eigenvalue weighted by Crippen LogP contribution is -2.18. The predicted molar refractivity (Wildman–Crippen MR) is 71.7 cm³/mol. The molecule has 1 heterocycles. The highest BCUT2D eigenvalue weighted by atomic mass is 16.2. The van der Waals surface area contributed by atoms with E-state index in [9.17, 15) is 9.59 Å². The number of hydrogen-bond acceptors (Lipinski definition) is 3. The minimum atomic E-state index is -0.664. The van der Waals surface area contributed by atoms with Crippen molar-refractivity contribution in [2.45, 2.75) is 0 Å². The first-order valence-electron chi connectivity index (χ1n) is 5.67. The minimum Gasteiger partial charge on any atom is -0.283 e. The van der Waals surface area contributed by atoms with Gasteiger partial charge in [-0.3, -0.25) is 9.59 Å². The maximum atomic E-state index is 11.6. The van der Waals surface area contributed by atoms with Gasteiger partial charge in [-0.2, -0.15) is 0 Å². The van der Waals surface area contributed by atoms with Gasteiger partial charge in [0.15, 0.2) is 0 Å². The molecule has 0 saturated carbocycles. The van der Waals surface area contributed by atoms with Crippen molar-refractivity contribution in [2.75, 3.05) is 0 Å². The van der Waals surface area contributed by atoms with Crippen LogP contribution in [0.5, 0.6) is 0 Å². The van der Waals surface area contributed by atoms with Gasteiger partial charge < -0.3 is 0 Å². The number of nitrogens with zero attached hydrogens (tertiary/aromatic N) is 1. The van der Waals surface area contributed by atoms with Crippen molar-refractivity contribution in [3.05, 3.63) is 63.0 Å². The molecule has 0 bridgehead atoms. The fraction of sp³-hybridized carbons (Fsp3) is 0. The van der Waals surface area contributed by atoms with E-state index < -0.39 is 11.0 Å². The number of aromatic nitrogens is 1. The molecule has 4 rings (SSSR count). The monoisotopic (exact) mass is 233 g/mol. The molecule has 3 nitrogen and oxygen atoms in total. The van der Waals surface area contributed by atoms with Crippen molar-refractivity contribution in [1.82, 2.24) is 4.98 Å². The third kappa shape index (κ3) is 1.01. The maximum absolute atomic E-state index is 11.6. The lowest BCUT2D eigenvalue weighted by atomic mass is 10.1. The van der Waals surface area contributed by atoms with Crippen LogP contribution >= 0.6 is 0 Å². The summed E-state index contributed by atoms with van der Waals surface area (Å²) < 4.78 is 0. The fourth-order valence-electron chi connectivity index (χ4n) is 2.58. The van der Waals surface area contributed by atoms with E-state index in [-0.39, 0.29) is 0 Å². The second kappa shape index (κ2) is 3.01. The Morgan fingerprint density at radius 1 is 0.778 bits per heavy atom. The van der Waals surface area contributed by atoms with Gasteiger partial charge in [-0.15, -0.1) is 0 Å². The molecule has 18 heavy (non-hydrogen) atoms. The van der Waals surface area contributed by atoms with Gasteiger partial charge in [0.25, 0.3) is 5.43 Å². The van der Waals surface area contributed by atoms with Crippen LogP contribution in [0.2, 0.25) is 0 Å². The van der Waals surface area contributed by atoms with E-state index >= 15 is 0 Å². The molecule has 0 spiro atoms. The highest BCUT2D eigenvalue weighted by molar-refractivity contribution is 6.19. The molecule has 3 aromatic carbocycles. The quantitative estimate of drug-likeness (QED) is 0.437. The Bertz CT molecular complexity index is 1010. The first-order chi connectivity index (χ1) is 8.75. The van der Waals surface area contributed by atoms with Gasteiger partial charge in [-0.05, 0) is 28.3 Å². The number of benzene rings is 2. The summed E-state index contributed by atoms with van der Waals surface area (Å²) >= 11 is 0. The molecule has 0 fully saturated rings. The van der Waals surface area contributed by atoms with Crippen molar-refractivity contribution in [3.8, 4) is 0 Å². The lowest BCUT2D eigenvalue weighted by molar-refractivity contribution is 1.34. The first kappa shape index (κ1) is 9.48. The maximum Gasteiger partial charge on any atom is 0.318 e. The Hall–Kier alpha value is -2.55. The van der Waals surface area contributed by atoms with Crippen LogP contribution in [-0.2, 0) is 0 Å². The topological polar surface area (TPSA) is 47.0 Å². The van der Waals surface area contributed by atoms with E-state index in [0.29, 0.717) is 10.9 Å². The molecule has 0 aliphatic rings. The van der Waals surface area contributed by atoms with E-state index in [1.54, 1.807) is 6.07 Å². The van der Waals surface area contributed by atoms with Crippen LogP contribution in [0.15, 0.2) is 52.1 Å². The van der Waals surface area contributed by atoms with Gasteiger partial charge >= 0.3 is 5.56 Å². The first-order valence-corrected chi connectivity index (χ1v) is 5.67.